The predicted octanol–water partition coefficient (Wildman–Crippen LogP) is 3.08. The maximum Gasteiger partial charge on any atom is 0.461 e. The summed E-state index contributed by atoms with van der Waals surface area (Å²) in [5.41, 5.74) is 11.7. The summed E-state index contributed by atoms with van der Waals surface area (Å²) < 4.78 is 53.5. The van der Waals surface area contributed by atoms with Crippen LogP contribution in [0.15, 0.2) is 24.3 Å². The maximum absolute atomic E-state index is 12.7. The van der Waals surface area contributed by atoms with Crippen LogP contribution in [0.3, 0.4) is 0 Å². The molecule has 0 aromatic heterocycles. The quantitative estimate of drug-likeness (QED) is 0.760. The van der Waals surface area contributed by atoms with Gasteiger partial charge in [0.1, 0.15) is 5.75 Å². The Balaban J connectivity index is 0.00000361. The smallest absolute Gasteiger partial charge is 0.428 e. The maximum atomic E-state index is 12.7. The van der Waals surface area contributed by atoms with E-state index in [1.165, 1.54) is 18.2 Å². The molecule has 0 aliphatic heterocycles. The molecule has 0 fully saturated rings. The van der Waals surface area contributed by atoms with Crippen LogP contribution >= 0.6 is 12.4 Å². The molecular formula is C12H17ClF4N2O. The lowest BCUT2D eigenvalue weighted by molar-refractivity contribution is -0.253. The van der Waals surface area contributed by atoms with Gasteiger partial charge in [-0.1, -0.05) is 12.1 Å². The second kappa shape index (κ2) is 8.28. The molecular weight excluding hydrogens is 300 g/mol. The molecule has 0 saturated carbocycles. The molecule has 0 radical (unpaired) electrons. The highest BCUT2D eigenvalue weighted by Crippen LogP contribution is 2.29. The van der Waals surface area contributed by atoms with E-state index in [9.17, 15) is 17.6 Å². The van der Waals surface area contributed by atoms with Crippen LogP contribution in [-0.4, -0.2) is 19.1 Å². The summed E-state index contributed by atoms with van der Waals surface area (Å²) in [7, 11) is 0. The zero-order chi connectivity index (χ0) is 14.5. The topological polar surface area (TPSA) is 61.3 Å². The van der Waals surface area contributed by atoms with Gasteiger partial charge in [0, 0.05) is 6.04 Å². The van der Waals surface area contributed by atoms with E-state index in [0.29, 0.717) is 24.9 Å². The summed E-state index contributed by atoms with van der Waals surface area (Å²) in [6.07, 6.45) is -7.15. The second-order valence-electron chi connectivity index (χ2n) is 4.07. The van der Waals surface area contributed by atoms with Crippen molar-refractivity contribution in [3.63, 3.8) is 0 Å². The van der Waals surface area contributed by atoms with Gasteiger partial charge in [0.25, 0.3) is 0 Å². The summed E-state index contributed by atoms with van der Waals surface area (Å²) in [6.45, 7) is 0.466. The second-order valence-corrected chi connectivity index (χ2v) is 4.07. The Labute approximate surface area is 120 Å². The number of halogens is 5. The molecule has 1 aromatic carbocycles. The Morgan fingerprint density at radius 3 is 2.45 bits per heavy atom. The van der Waals surface area contributed by atoms with Gasteiger partial charge in [-0.3, -0.25) is 0 Å². The zero-order valence-electron chi connectivity index (χ0n) is 10.6. The Bertz CT molecular complexity index is 407. The van der Waals surface area contributed by atoms with Crippen molar-refractivity contribution in [2.24, 2.45) is 11.5 Å². The first-order valence-electron chi connectivity index (χ1n) is 5.77. The molecule has 0 bridgehead atoms. The van der Waals surface area contributed by atoms with Crippen LogP contribution in [0.2, 0.25) is 0 Å². The van der Waals surface area contributed by atoms with E-state index in [2.05, 4.69) is 4.74 Å². The molecule has 1 rings (SSSR count). The molecule has 0 aliphatic carbocycles. The average molecular weight is 317 g/mol. The Kier molecular flexibility index (Phi) is 7.85. The Hall–Kier alpha value is -1.05. The fraction of sp³-hybridized carbons (Fsp3) is 0.500. The highest BCUT2D eigenvalue weighted by molar-refractivity contribution is 5.85. The minimum absolute atomic E-state index is 0. The van der Waals surface area contributed by atoms with Crippen LogP contribution < -0.4 is 16.2 Å². The van der Waals surface area contributed by atoms with Gasteiger partial charge >= 0.3 is 12.5 Å². The van der Waals surface area contributed by atoms with Crippen molar-refractivity contribution in [2.75, 3.05) is 6.54 Å². The van der Waals surface area contributed by atoms with Crippen LogP contribution in [0.5, 0.6) is 5.75 Å². The number of hydrogen-bond donors (Lipinski definition) is 2. The van der Waals surface area contributed by atoms with E-state index < -0.39 is 18.6 Å². The summed E-state index contributed by atoms with van der Waals surface area (Å²) in [6, 6.07) is 5.06. The van der Waals surface area contributed by atoms with Gasteiger partial charge in [0.05, 0.1) is 0 Å². The average Bonchev–Trinajstić information content (AvgIpc) is 2.35. The van der Waals surface area contributed by atoms with E-state index in [4.69, 9.17) is 11.5 Å². The standard InChI is InChI=1S/C12H16F4N2O.ClH/c13-11(14)12(15,16)19-9-4-1-3-8(7-9)10(18)5-2-6-17;/h1,3-4,7,10-11H,2,5-6,17-18H2;1H/t10-;/m1./s1. The van der Waals surface area contributed by atoms with Crippen LogP contribution in [-0.2, 0) is 0 Å². The number of nitrogens with two attached hydrogens (primary N) is 2. The van der Waals surface area contributed by atoms with E-state index in [1.807, 2.05) is 0 Å². The fourth-order valence-corrected chi connectivity index (χ4v) is 1.51. The summed E-state index contributed by atoms with van der Waals surface area (Å²) in [5, 5.41) is 0. The van der Waals surface area contributed by atoms with Gasteiger partial charge in [0.15, 0.2) is 0 Å². The molecule has 0 saturated heterocycles. The normalized spacial score (nSPS) is 12.9. The van der Waals surface area contributed by atoms with Crippen molar-refractivity contribution in [3.05, 3.63) is 29.8 Å². The zero-order valence-corrected chi connectivity index (χ0v) is 11.4. The van der Waals surface area contributed by atoms with Crippen molar-refractivity contribution >= 4 is 12.4 Å². The highest BCUT2D eigenvalue weighted by Gasteiger charge is 2.43. The van der Waals surface area contributed by atoms with Crippen LogP contribution in [0.1, 0.15) is 24.4 Å². The van der Waals surface area contributed by atoms with Crippen molar-refractivity contribution < 1.29 is 22.3 Å². The van der Waals surface area contributed by atoms with Gasteiger partial charge in [-0.05, 0) is 37.1 Å². The molecule has 116 valence electrons. The van der Waals surface area contributed by atoms with E-state index in [1.54, 1.807) is 6.07 Å². The lowest BCUT2D eigenvalue weighted by atomic mass is 10.0. The van der Waals surface area contributed by atoms with E-state index in [0.717, 1.165) is 0 Å². The first-order chi connectivity index (χ1) is 8.86. The molecule has 0 spiro atoms. The summed E-state index contributed by atoms with van der Waals surface area (Å²) in [5.74, 6) is -0.342. The fourth-order valence-electron chi connectivity index (χ4n) is 1.51. The largest absolute Gasteiger partial charge is 0.461 e. The minimum atomic E-state index is -4.51. The molecule has 1 atom stereocenters. The lowest BCUT2D eigenvalue weighted by Gasteiger charge is -2.18. The van der Waals surface area contributed by atoms with Crippen molar-refractivity contribution in [3.8, 4) is 5.75 Å². The SMILES string of the molecule is Cl.NCCC[C@@H](N)c1cccc(OC(F)(F)C(F)F)c1. The molecule has 8 heteroatoms. The Morgan fingerprint density at radius 2 is 1.90 bits per heavy atom. The number of ether oxygens (including phenoxy) is 1. The summed E-state index contributed by atoms with van der Waals surface area (Å²) in [4.78, 5) is 0. The third-order valence-corrected chi connectivity index (χ3v) is 2.51. The molecule has 1 aromatic rings. The van der Waals surface area contributed by atoms with Crippen molar-refractivity contribution in [1.29, 1.82) is 0 Å². The molecule has 0 aliphatic rings. The molecule has 4 N–H and O–H groups in total. The van der Waals surface area contributed by atoms with Crippen LogP contribution in [0.4, 0.5) is 17.6 Å². The highest BCUT2D eigenvalue weighted by atomic mass is 35.5. The minimum Gasteiger partial charge on any atom is -0.428 e. The van der Waals surface area contributed by atoms with Gasteiger partial charge in [-0.2, -0.15) is 17.6 Å². The van der Waals surface area contributed by atoms with Crippen LogP contribution in [0, 0.1) is 0 Å². The van der Waals surface area contributed by atoms with Crippen molar-refractivity contribution in [1.82, 2.24) is 0 Å². The monoisotopic (exact) mass is 316 g/mol. The van der Waals surface area contributed by atoms with Crippen molar-refractivity contribution in [2.45, 2.75) is 31.4 Å². The van der Waals surface area contributed by atoms with Crippen LogP contribution in [0.25, 0.3) is 0 Å². The van der Waals surface area contributed by atoms with Gasteiger partial charge in [-0.15, -0.1) is 12.4 Å². The first-order valence-corrected chi connectivity index (χ1v) is 5.77. The Morgan fingerprint density at radius 1 is 1.25 bits per heavy atom. The molecule has 0 heterocycles. The number of hydrogen-bond acceptors (Lipinski definition) is 3. The molecule has 20 heavy (non-hydrogen) atoms. The summed E-state index contributed by atoms with van der Waals surface area (Å²) >= 11 is 0. The lowest BCUT2D eigenvalue weighted by Crippen LogP contribution is -2.33. The molecule has 3 nitrogen and oxygen atoms in total. The van der Waals surface area contributed by atoms with E-state index in [-0.39, 0.29) is 18.2 Å². The number of benzene rings is 1. The molecule has 0 unspecified atom stereocenters. The first kappa shape index (κ1) is 18.9. The molecule has 0 amide bonds. The van der Waals surface area contributed by atoms with Gasteiger partial charge < -0.3 is 16.2 Å². The predicted molar refractivity (Wildman–Crippen MR) is 70.5 cm³/mol. The number of rotatable bonds is 7. The van der Waals surface area contributed by atoms with E-state index >= 15 is 0 Å². The van der Waals surface area contributed by atoms with Gasteiger partial charge in [0.2, 0.25) is 0 Å². The number of alkyl halides is 4. The third-order valence-electron chi connectivity index (χ3n) is 2.51. The third kappa shape index (κ3) is 5.52. The van der Waals surface area contributed by atoms with Gasteiger partial charge in [-0.25, -0.2) is 0 Å².